The van der Waals surface area contributed by atoms with E-state index < -0.39 is 0 Å². The quantitative estimate of drug-likeness (QED) is 0.552. The number of carbonyl (C=O) groups excluding carboxylic acids is 1. The molecule has 2 nitrogen and oxygen atoms in total. The summed E-state index contributed by atoms with van der Waals surface area (Å²) in [6, 6.07) is 0.271. The molecule has 0 aromatic rings. The van der Waals surface area contributed by atoms with Crippen molar-refractivity contribution in [2.45, 2.75) is 19.9 Å². The summed E-state index contributed by atoms with van der Waals surface area (Å²) >= 11 is 0. The van der Waals surface area contributed by atoms with Gasteiger partial charge < -0.3 is 5.32 Å². The Kier molecular flexibility index (Phi) is 3.70. The molecular formula is C6H14NOS+. The van der Waals surface area contributed by atoms with Crippen molar-refractivity contribution < 1.29 is 4.79 Å². The zero-order chi connectivity index (χ0) is 7.44. The summed E-state index contributed by atoms with van der Waals surface area (Å²) in [5.74, 6) is 0. The van der Waals surface area contributed by atoms with Crippen LogP contribution >= 0.6 is 0 Å². The van der Waals surface area contributed by atoms with Crippen LogP contribution in [0, 0.1) is 0 Å². The van der Waals surface area contributed by atoms with Crippen LogP contribution in [-0.4, -0.2) is 23.8 Å². The van der Waals surface area contributed by atoms with Gasteiger partial charge in [-0.05, 0) is 13.8 Å². The third-order valence-electron chi connectivity index (χ3n) is 0.777. The van der Waals surface area contributed by atoms with Crippen LogP contribution in [0.4, 0.5) is 4.79 Å². The van der Waals surface area contributed by atoms with E-state index in [9.17, 15) is 4.79 Å². The highest BCUT2D eigenvalue weighted by atomic mass is 32.2. The maximum absolute atomic E-state index is 10.9. The minimum Gasteiger partial charge on any atom is -0.309 e. The molecule has 0 fully saturated rings. The predicted octanol–water partition coefficient (Wildman–Crippen LogP) is 0.982. The van der Waals surface area contributed by atoms with Gasteiger partial charge in [0.15, 0.2) is 0 Å². The molecule has 0 aliphatic heterocycles. The fourth-order valence-electron chi connectivity index (χ4n) is 0.354. The van der Waals surface area contributed by atoms with E-state index >= 15 is 0 Å². The molecule has 0 saturated carbocycles. The Morgan fingerprint density at radius 3 is 2.00 bits per heavy atom. The van der Waals surface area contributed by atoms with Gasteiger partial charge in [0.25, 0.3) is 0 Å². The van der Waals surface area contributed by atoms with Gasteiger partial charge in [-0.15, -0.1) is 0 Å². The first-order chi connectivity index (χ1) is 4.04. The summed E-state index contributed by atoms with van der Waals surface area (Å²) in [7, 11) is -0.131. The highest BCUT2D eigenvalue weighted by Crippen LogP contribution is 1.87. The van der Waals surface area contributed by atoms with Crippen LogP contribution in [0.25, 0.3) is 0 Å². The van der Waals surface area contributed by atoms with Crippen molar-refractivity contribution in [1.29, 1.82) is 0 Å². The second-order valence-electron chi connectivity index (χ2n) is 2.40. The van der Waals surface area contributed by atoms with E-state index in [1.807, 2.05) is 26.4 Å². The smallest absolute Gasteiger partial charge is 0.309 e. The summed E-state index contributed by atoms with van der Waals surface area (Å²) in [6.45, 7) is 3.93. The van der Waals surface area contributed by atoms with Crippen molar-refractivity contribution in [3.63, 3.8) is 0 Å². The van der Waals surface area contributed by atoms with Gasteiger partial charge in [0.2, 0.25) is 0 Å². The number of nitrogens with one attached hydrogen (secondary N) is 1. The molecule has 9 heavy (non-hydrogen) atoms. The average molecular weight is 148 g/mol. The molecule has 0 aliphatic rings. The monoisotopic (exact) mass is 148 g/mol. The van der Waals surface area contributed by atoms with Gasteiger partial charge in [-0.25, -0.2) is 4.79 Å². The van der Waals surface area contributed by atoms with Crippen molar-refractivity contribution in [1.82, 2.24) is 5.32 Å². The van der Waals surface area contributed by atoms with Crippen LogP contribution in [0.3, 0.4) is 0 Å². The van der Waals surface area contributed by atoms with E-state index in [1.165, 1.54) is 0 Å². The molecule has 0 unspecified atom stereocenters. The lowest BCUT2D eigenvalue weighted by atomic mass is 10.4. The molecule has 0 heterocycles. The van der Waals surface area contributed by atoms with Gasteiger partial charge in [-0.2, -0.15) is 0 Å². The van der Waals surface area contributed by atoms with E-state index in [2.05, 4.69) is 5.32 Å². The van der Waals surface area contributed by atoms with Crippen molar-refractivity contribution in [3.8, 4) is 0 Å². The molecule has 0 aromatic carbocycles. The Morgan fingerprint density at radius 1 is 1.44 bits per heavy atom. The van der Waals surface area contributed by atoms with Gasteiger partial charge in [0, 0.05) is 6.04 Å². The maximum Gasteiger partial charge on any atom is 0.428 e. The van der Waals surface area contributed by atoms with E-state index in [1.54, 1.807) is 0 Å². The second kappa shape index (κ2) is 3.77. The molecule has 0 aliphatic carbocycles. The fourth-order valence-corrected chi connectivity index (χ4v) is 0.825. The second-order valence-corrected chi connectivity index (χ2v) is 4.41. The Hall–Kier alpha value is -0.180. The topological polar surface area (TPSA) is 29.1 Å². The lowest BCUT2D eigenvalue weighted by Gasteiger charge is -2.02. The largest absolute Gasteiger partial charge is 0.428 e. The molecule has 54 valence electrons. The van der Waals surface area contributed by atoms with Gasteiger partial charge in [0.05, 0.1) is 10.9 Å². The number of hydrogen-bond acceptors (Lipinski definition) is 1. The molecule has 0 bridgehead atoms. The van der Waals surface area contributed by atoms with Gasteiger partial charge in [-0.1, -0.05) is 0 Å². The van der Waals surface area contributed by atoms with Crippen molar-refractivity contribution in [3.05, 3.63) is 0 Å². The van der Waals surface area contributed by atoms with Crippen LogP contribution in [0.2, 0.25) is 0 Å². The lowest BCUT2D eigenvalue weighted by Crippen LogP contribution is -2.33. The van der Waals surface area contributed by atoms with Crippen LogP contribution in [0.1, 0.15) is 13.8 Å². The zero-order valence-electron chi connectivity index (χ0n) is 6.39. The number of carbonyl (C=O) groups is 1. The Bertz CT molecular complexity index is 101. The molecule has 0 aromatic heterocycles. The molecule has 0 atom stereocenters. The normalized spacial score (nSPS) is 10.4. The van der Waals surface area contributed by atoms with Crippen LogP contribution in [0.15, 0.2) is 0 Å². The van der Waals surface area contributed by atoms with E-state index in [0.717, 1.165) is 0 Å². The first kappa shape index (κ1) is 8.82. The lowest BCUT2D eigenvalue weighted by molar-refractivity contribution is 0.258. The molecule has 0 saturated heterocycles. The first-order valence-corrected chi connectivity index (χ1v) is 4.96. The molecule has 0 rings (SSSR count). The molecule has 1 amide bonds. The van der Waals surface area contributed by atoms with E-state index in [4.69, 9.17) is 0 Å². The van der Waals surface area contributed by atoms with E-state index in [-0.39, 0.29) is 22.2 Å². The van der Waals surface area contributed by atoms with Crippen molar-refractivity contribution in [2.75, 3.05) is 12.5 Å². The predicted molar refractivity (Wildman–Crippen MR) is 42.9 cm³/mol. The molecule has 0 spiro atoms. The minimum atomic E-state index is -0.131. The third kappa shape index (κ3) is 4.33. The average Bonchev–Trinajstić information content (AvgIpc) is 1.63. The summed E-state index contributed by atoms with van der Waals surface area (Å²) in [4.78, 5) is 10.9. The Labute approximate surface area is 59.4 Å². The maximum atomic E-state index is 10.9. The fraction of sp³-hybridized carbons (Fsp3) is 0.833. The van der Waals surface area contributed by atoms with Crippen LogP contribution in [-0.2, 0) is 10.9 Å². The standard InChI is InChI=1S/C6H13NOS/c1-5(2)7-6(8)9(3)4/h5H,1-4H3/p+1. The Balaban J connectivity index is 3.51. The highest BCUT2D eigenvalue weighted by Gasteiger charge is 2.16. The summed E-state index contributed by atoms with van der Waals surface area (Å²) in [6.07, 6.45) is 3.83. The first-order valence-electron chi connectivity index (χ1n) is 2.92. The molecule has 0 radical (unpaired) electrons. The Morgan fingerprint density at radius 2 is 1.89 bits per heavy atom. The minimum absolute atomic E-state index is 0.131. The number of hydrogen-bond donors (Lipinski definition) is 1. The number of rotatable bonds is 1. The summed E-state index contributed by atoms with van der Waals surface area (Å²) < 4.78 is 0. The number of amides is 1. The summed E-state index contributed by atoms with van der Waals surface area (Å²) in [5.41, 5.74) is 0. The van der Waals surface area contributed by atoms with Gasteiger partial charge in [0.1, 0.15) is 12.5 Å². The van der Waals surface area contributed by atoms with Crippen molar-refractivity contribution >= 4 is 16.1 Å². The van der Waals surface area contributed by atoms with Crippen molar-refractivity contribution in [2.24, 2.45) is 0 Å². The zero-order valence-corrected chi connectivity index (χ0v) is 7.21. The van der Waals surface area contributed by atoms with Crippen LogP contribution < -0.4 is 5.32 Å². The van der Waals surface area contributed by atoms with Crippen LogP contribution in [0.5, 0.6) is 0 Å². The molecule has 3 heteroatoms. The van der Waals surface area contributed by atoms with E-state index in [0.29, 0.717) is 0 Å². The molecular weight excluding hydrogens is 134 g/mol. The third-order valence-corrected chi connectivity index (χ3v) is 1.64. The SMILES string of the molecule is CC(C)NC(=O)[S+](C)C. The highest BCUT2D eigenvalue weighted by molar-refractivity contribution is 8.09. The molecule has 1 N–H and O–H groups in total. The van der Waals surface area contributed by atoms with Gasteiger partial charge >= 0.3 is 5.24 Å². The summed E-state index contributed by atoms with van der Waals surface area (Å²) in [5, 5.41) is 2.97. The van der Waals surface area contributed by atoms with Gasteiger partial charge in [-0.3, -0.25) is 0 Å².